The van der Waals surface area contributed by atoms with E-state index in [1.54, 1.807) is 0 Å². The molecule has 14 heavy (non-hydrogen) atoms. The highest BCUT2D eigenvalue weighted by Crippen LogP contribution is 2.23. The van der Waals surface area contributed by atoms with Gasteiger partial charge in [0, 0.05) is 24.2 Å². The SMILES string of the molecule is CC(C)(C)N(CCN)C(C)(C)C.Cl.Cl. The number of halogens is 2. The van der Waals surface area contributed by atoms with Crippen molar-refractivity contribution in [2.45, 2.75) is 52.6 Å². The minimum absolute atomic E-state index is 0. The van der Waals surface area contributed by atoms with Gasteiger partial charge in [-0.2, -0.15) is 0 Å². The standard InChI is InChI=1S/C10H24N2.2ClH/c1-9(2,3)12(8-7-11)10(4,5)6;;/h7-8,11H2,1-6H3;2*1H. The van der Waals surface area contributed by atoms with Crippen LogP contribution in [0.5, 0.6) is 0 Å². The van der Waals surface area contributed by atoms with Gasteiger partial charge in [0.2, 0.25) is 0 Å². The minimum Gasteiger partial charge on any atom is -0.329 e. The van der Waals surface area contributed by atoms with E-state index in [2.05, 4.69) is 46.4 Å². The third-order valence-corrected chi connectivity index (χ3v) is 1.97. The largest absolute Gasteiger partial charge is 0.329 e. The van der Waals surface area contributed by atoms with Gasteiger partial charge in [0.25, 0.3) is 0 Å². The van der Waals surface area contributed by atoms with E-state index in [4.69, 9.17) is 5.73 Å². The molecule has 0 rings (SSSR count). The molecule has 0 radical (unpaired) electrons. The van der Waals surface area contributed by atoms with Gasteiger partial charge in [0.15, 0.2) is 0 Å². The predicted octanol–water partition coefficient (Wildman–Crippen LogP) is 2.69. The van der Waals surface area contributed by atoms with E-state index in [9.17, 15) is 0 Å². The van der Waals surface area contributed by atoms with Crippen LogP contribution in [0.4, 0.5) is 0 Å². The Kier molecular flexibility index (Phi) is 9.83. The summed E-state index contributed by atoms with van der Waals surface area (Å²) in [6.07, 6.45) is 0. The summed E-state index contributed by atoms with van der Waals surface area (Å²) in [6.45, 7) is 15.1. The Hall–Kier alpha value is 0.500. The second kappa shape index (κ2) is 6.89. The van der Waals surface area contributed by atoms with Crippen molar-refractivity contribution in [3.63, 3.8) is 0 Å². The van der Waals surface area contributed by atoms with Crippen LogP contribution in [-0.4, -0.2) is 29.1 Å². The van der Waals surface area contributed by atoms with Gasteiger partial charge >= 0.3 is 0 Å². The van der Waals surface area contributed by atoms with Gasteiger partial charge in [-0.3, -0.25) is 4.90 Å². The van der Waals surface area contributed by atoms with E-state index in [-0.39, 0.29) is 35.9 Å². The molecule has 2 N–H and O–H groups in total. The van der Waals surface area contributed by atoms with E-state index in [1.807, 2.05) is 0 Å². The van der Waals surface area contributed by atoms with Crippen LogP contribution in [0.15, 0.2) is 0 Å². The van der Waals surface area contributed by atoms with Crippen LogP contribution in [0.2, 0.25) is 0 Å². The van der Waals surface area contributed by atoms with Gasteiger partial charge in [0.1, 0.15) is 0 Å². The first-order valence-electron chi connectivity index (χ1n) is 4.67. The Balaban J connectivity index is -0.000000605. The van der Waals surface area contributed by atoms with Crippen LogP contribution in [0.1, 0.15) is 41.5 Å². The van der Waals surface area contributed by atoms with Gasteiger partial charge in [-0.15, -0.1) is 24.8 Å². The van der Waals surface area contributed by atoms with Gasteiger partial charge in [-0.25, -0.2) is 0 Å². The van der Waals surface area contributed by atoms with Crippen molar-refractivity contribution in [3.05, 3.63) is 0 Å². The van der Waals surface area contributed by atoms with Crippen LogP contribution < -0.4 is 5.73 Å². The lowest BCUT2D eigenvalue weighted by Crippen LogP contribution is -2.54. The molecule has 0 aromatic carbocycles. The van der Waals surface area contributed by atoms with Crippen LogP contribution in [-0.2, 0) is 0 Å². The highest BCUT2D eigenvalue weighted by atomic mass is 35.5. The van der Waals surface area contributed by atoms with Crippen LogP contribution in [0.3, 0.4) is 0 Å². The lowest BCUT2D eigenvalue weighted by Gasteiger charge is -2.45. The number of hydrogen-bond acceptors (Lipinski definition) is 2. The first kappa shape index (κ1) is 20.0. The molecule has 0 saturated carbocycles. The Morgan fingerprint density at radius 1 is 0.857 bits per heavy atom. The number of rotatable bonds is 2. The van der Waals surface area contributed by atoms with Crippen LogP contribution in [0, 0.1) is 0 Å². The van der Waals surface area contributed by atoms with Crippen molar-refractivity contribution in [1.82, 2.24) is 4.90 Å². The normalized spacial score (nSPS) is 12.0. The lowest BCUT2D eigenvalue weighted by atomic mass is 9.96. The Morgan fingerprint density at radius 3 is 1.21 bits per heavy atom. The number of nitrogens with two attached hydrogens (primary N) is 1. The van der Waals surface area contributed by atoms with Crippen molar-refractivity contribution in [1.29, 1.82) is 0 Å². The fourth-order valence-corrected chi connectivity index (χ4v) is 1.81. The number of nitrogens with zero attached hydrogens (tertiary/aromatic N) is 1. The molecule has 0 aromatic rings. The Bertz CT molecular complexity index is 122. The van der Waals surface area contributed by atoms with E-state index >= 15 is 0 Å². The average molecular weight is 245 g/mol. The molecule has 0 saturated heterocycles. The van der Waals surface area contributed by atoms with E-state index in [1.165, 1.54) is 0 Å². The van der Waals surface area contributed by atoms with E-state index in [0.717, 1.165) is 13.1 Å². The minimum atomic E-state index is 0. The van der Waals surface area contributed by atoms with E-state index < -0.39 is 0 Å². The molecule has 2 nitrogen and oxygen atoms in total. The summed E-state index contributed by atoms with van der Waals surface area (Å²) < 4.78 is 0. The monoisotopic (exact) mass is 244 g/mol. The summed E-state index contributed by atoms with van der Waals surface area (Å²) >= 11 is 0. The molecule has 0 aliphatic carbocycles. The third kappa shape index (κ3) is 6.88. The molecule has 0 spiro atoms. The predicted molar refractivity (Wildman–Crippen MR) is 69.8 cm³/mol. The molecule has 0 amide bonds. The molecular formula is C10H26Cl2N2. The molecule has 0 atom stereocenters. The van der Waals surface area contributed by atoms with Crippen LogP contribution >= 0.6 is 24.8 Å². The summed E-state index contributed by atoms with van der Waals surface area (Å²) in [5.74, 6) is 0. The summed E-state index contributed by atoms with van der Waals surface area (Å²) in [5.41, 5.74) is 5.99. The summed E-state index contributed by atoms with van der Waals surface area (Å²) in [5, 5.41) is 0. The van der Waals surface area contributed by atoms with E-state index in [0.29, 0.717) is 0 Å². The van der Waals surface area contributed by atoms with Gasteiger partial charge in [-0.05, 0) is 41.5 Å². The zero-order valence-corrected chi connectivity index (χ0v) is 11.9. The second-order valence-electron chi connectivity index (χ2n) is 5.28. The summed E-state index contributed by atoms with van der Waals surface area (Å²) in [7, 11) is 0. The summed E-state index contributed by atoms with van der Waals surface area (Å²) in [4.78, 5) is 2.43. The maximum Gasteiger partial charge on any atom is 0.0130 e. The van der Waals surface area contributed by atoms with Gasteiger partial charge in [0.05, 0.1) is 0 Å². The topological polar surface area (TPSA) is 29.3 Å². The number of hydrogen-bond donors (Lipinski definition) is 1. The lowest BCUT2D eigenvalue weighted by molar-refractivity contribution is 0.0420. The second-order valence-corrected chi connectivity index (χ2v) is 5.28. The van der Waals surface area contributed by atoms with Crippen molar-refractivity contribution < 1.29 is 0 Å². The molecule has 0 aliphatic rings. The Labute approximate surface area is 101 Å². The first-order valence-corrected chi connectivity index (χ1v) is 4.67. The first-order chi connectivity index (χ1) is 5.19. The van der Waals surface area contributed by atoms with Crippen molar-refractivity contribution in [2.75, 3.05) is 13.1 Å². The fraction of sp³-hybridized carbons (Fsp3) is 1.00. The molecule has 0 heterocycles. The van der Waals surface area contributed by atoms with Gasteiger partial charge in [-0.1, -0.05) is 0 Å². The maximum absolute atomic E-state index is 5.58. The zero-order valence-electron chi connectivity index (χ0n) is 10.3. The Morgan fingerprint density at radius 2 is 1.14 bits per heavy atom. The summed E-state index contributed by atoms with van der Waals surface area (Å²) in [6, 6.07) is 0. The van der Waals surface area contributed by atoms with Crippen LogP contribution in [0.25, 0.3) is 0 Å². The quantitative estimate of drug-likeness (QED) is 0.810. The zero-order chi connectivity index (χ0) is 9.99. The molecular weight excluding hydrogens is 219 g/mol. The van der Waals surface area contributed by atoms with Crippen molar-refractivity contribution in [3.8, 4) is 0 Å². The highest BCUT2D eigenvalue weighted by molar-refractivity contribution is 5.85. The third-order valence-electron chi connectivity index (χ3n) is 1.97. The molecule has 90 valence electrons. The molecule has 0 aliphatic heterocycles. The van der Waals surface area contributed by atoms with Gasteiger partial charge < -0.3 is 5.73 Å². The molecule has 4 heteroatoms. The molecule has 0 aromatic heterocycles. The molecule has 0 fully saturated rings. The van der Waals surface area contributed by atoms with Crippen molar-refractivity contribution >= 4 is 24.8 Å². The molecule has 0 bridgehead atoms. The smallest absolute Gasteiger partial charge is 0.0130 e. The average Bonchev–Trinajstić information content (AvgIpc) is 1.77. The fourth-order valence-electron chi connectivity index (χ4n) is 1.81. The highest BCUT2D eigenvalue weighted by Gasteiger charge is 2.30. The maximum atomic E-state index is 5.58. The van der Waals surface area contributed by atoms with Crippen molar-refractivity contribution in [2.24, 2.45) is 5.73 Å². The molecule has 0 unspecified atom stereocenters.